The highest BCUT2D eigenvalue weighted by Crippen LogP contribution is 2.23. The fraction of sp³-hybridized carbons (Fsp3) is 0.636. The normalized spacial score (nSPS) is 18.4. The quantitative estimate of drug-likeness (QED) is 0.835. The maximum atomic E-state index is 12.3. The summed E-state index contributed by atoms with van der Waals surface area (Å²) in [5, 5.41) is 1.97. The van der Waals surface area contributed by atoms with Gasteiger partial charge in [-0.05, 0) is 34.8 Å². The van der Waals surface area contributed by atoms with E-state index in [2.05, 4.69) is 15.9 Å². The van der Waals surface area contributed by atoms with Crippen LogP contribution in [-0.4, -0.2) is 37.2 Å². The number of piperidine rings is 1. The molecule has 0 spiro atoms. The van der Waals surface area contributed by atoms with Crippen LogP contribution in [0, 0.1) is 0 Å². The topological polar surface area (TPSA) is 40.6 Å². The van der Waals surface area contributed by atoms with E-state index in [1.807, 2.05) is 11.4 Å². The third-order valence-corrected chi connectivity index (χ3v) is 6.65. The van der Waals surface area contributed by atoms with Crippen LogP contribution in [0.25, 0.3) is 0 Å². The van der Waals surface area contributed by atoms with Crippen molar-refractivity contribution in [3.8, 4) is 0 Å². The molecule has 0 bridgehead atoms. The number of nitrogens with zero attached hydrogens (tertiary/aromatic N) is 2. The molecule has 2 heterocycles. The van der Waals surface area contributed by atoms with Gasteiger partial charge in [-0.3, -0.25) is 0 Å². The smallest absolute Gasteiger partial charge is 0.195 e. The van der Waals surface area contributed by atoms with Gasteiger partial charge >= 0.3 is 0 Å². The Hall–Kier alpha value is 0.0500. The van der Waals surface area contributed by atoms with Gasteiger partial charge in [0.2, 0.25) is 0 Å². The third kappa shape index (κ3) is 3.33. The first-order chi connectivity index (χ1) is 8.50. The predicted molar refractivity (Wildman–Crippen MR) is 77.8 cm³/mol. The lowest BCUT2D eigenvalue weighted by molar-refractivity contribution is 0.314. The molecule has 1 aliphatic rings. The Morgan fingerprint density at radius 3 is 2.61 bits per heavy atom. The standard InChI is InChI=1S/C11H17BrN2O2S2/c1-13(8-11-7-10(12)9-17-11)18(15,16)14-5-3-2-4-6-14/h7,9H,2-6,8H2,1H3. The lowest BCUT2D eigenvalue weighted by Crippen LogP contribution is -2.43. The minimum Gasteiger partial charge on any atom is -0.195 e. The summed E-state index contributed by atoms with van der Waals surface area (Å²) >= 11 is 4.95. The van der Waals surface area contributed by atoms with Gasteiger partial charge in [0.1, 0.15) is 0 Å². The summed E-state index contributed by atoms with van der Waals surface area (Å²) in [4.78, 5) is 1.05. The van der Waals surface area contributed by atoms with Crippen molar-refractivity contribution < 1.29 is 8.42 Å². The molecule has 0 radical (unpaired) electrons. The van der Waals surface area contributed by atoms with Gasteiger partial charge in [-0.2, -0.15) is 17.0 Å². The number of rotatable bonds is 4. The fourth-order valence-corrected chi connectivity index (χ4v) is 5.03. The van der Waals surface area contributed by atoms with Crippen molar-refractivity contribution in [1.82, 2.24) is 8.61 Å². The predicted octanol–water partition coefficient (Wildman–Crippen LogP) is 2.67. The Bertz CT molecular complexity index is 495. The molecule has 0 unspecified atom stereocenters. The molecule has 0 amide bonds. The van der Waals surface area contributed by atoms with Crippen molar-refractivity contribution in [2.75, 3.05) is 20.1 Å². The summed E-state index contributed by atoms with van der Waals surface area (Å²) in [6.07, 6.45) is 3.07. The monoisotopic (exact) mass is 352 g/mol. The zero-order valence-electron chi connectivity index (χ0n) is 10.3. The molecule has 1 aromatic rings. The van der Waals surface area contributed by atoms with Crippen molar-refractivity contribution >= 4 is 37.5 Å². The van der Waals surface area contributed by atoms with E-state index in [1.54, 1.807) is 22.7 Å². The summed E-state index contributed by atoms with van der Waals surface area (Å²) in [5.41, 5.74) is 0. The van der Waals surface area contributed by atoms with Gasteiger partial charge in [-0.1, -0.05) is 6.42 Å². The molecule has 1 aliphatic heterocycles. The first-order valence-electron chi connectivity index (χ1n) is 5.94. The molecule has 4 nitrogen and oxygen atoms in total. The van der Waals surface area contributed by atoms with Crippen molar-refractivity contribution in [2.45, 2.75) is 25.8 Å². The van der Waals surface area contributed by atoms with Gasteiger partial charge in [0.15, 0.2) is 0 Å². The summed E-state index contributed by atoms with van der Waals surface area (Å²) in [6, 6.07) is 1.97. The summed E-state index contributed by atoms with van der Waals surface area (Å²) < 4.78 is 28.7. The second kappa shape index (κ2) is 6.00. The van der Waals surface area contributed by atoms with Gasteiger partial charge in [0, 0.05) is 41.4 Å². The van der Waals surface area contributed by atoms with Gasteiger partial charge in [-0.15, -0.1) is 11.3 Å². The molecular formula is C11H17BrN2O2S2. The zero-order chi connectivity index (χ0) is 13.2. The van der Waals surface area contributed by atoms with Crippen molar-refractivity contribution in [2.24, 2.45) is 0 Å². The number of hydrogen-bond donors (Lipinski definition) is 0. The zero-order valence-corrected chi connectivity index (χ0v) is 13.5. The number of hydrogen-bond acceptors (Lipinski definition) is 3. The van der Waals surface area contributed by atoms with Crippen molar-refractivity contribution in [3.63, 3.8) is 0 Å². The molecule has 7 heteroatoms. The largest absolute Gasteiger partial charge is 0.282 e. The lowest BCUT2D eigenvalue weighted by Gasteiger charge is -2.29. The molecule has 1 aromatic heterocycles. The van der Waals surface area contributed by atoms with Gasteiger partial charge in [0.25, 0.3) is 10.2 Å². The van der Waals surface area contributed by atoms with E-state index in [-0.39, 0.29) is 0 Å². The van der Waals surface area contributed by atoms with E-state index in [9.17, 15) is 8.42 Å². The van der Waals surface area contributed by atoms with E-state index in [4.69, 9.17) is 0 Å². The van der Waals surface area contributed by atoms with Crippen LogP contribution in [0.5, 0.6) is 0 Å². The van der Waals surface area contributed by atoms with E-state index < -0.39 is 10.2 Å². The number of thiophene rings is 1. The molecule has 1 saturated heterocycles. The first kappa shape index (κ1) is 14.5. The van der Waals surface area contributed by atoms with Gasteiger partial charge in [0.05, 0.1) is 0 Å². The SMILES string of the molecule is CN(Cc1cc(Br)cs1)S(=O)(=O)N1CCCCC1. The van der Waals surface area contributed by atoms with Crippen LogP contribution in [0.4, 0.5) is 0 Å². The molecule has 0 aromatic carbocycles. The second-order valence-corrected chi connectivity index (χ2v) is 8.40. The number of halogens is 1. The second-order valence-electron chi connectivity index (χ2n) is 4.45. The third-order valence-electron chi connectivity index (χ3n) is 3.04. The van der Waals surface area contributed by atoms with Crippen molar-refractivity contribution in [1.29, 1.82) is 0 Å². The van der Waals surface area contributed by atoms with Crippen LogP contribution in [0.1, 0.15) is 24.1 Å². The molecule has 0 atom stereocenters. The molecule has 1 fully saturated rings. The molecule has 0 N–H and O–H groups in total. The maximum Gasteiger partial charge on any atom is 0.282 e. The maximum absolute atomic E-state index is 12.3. The van der Waals surface area contributed by atoms with Crippen LogP contribution in [-0.2, 0) is 16.8 Å². The van der Waals surface area contributed by atoms with E-state index in [0.717, 1.165) is 28.6 Å². The van der Waals surface area contributed by atoms with E-state index >= 15 is 0 Å². The van der Waals surface area contributed by atoms with Crippen LogP contribution < -0.4 is 0 Å². The molecule has 102 valence electrons. The Kier molecular flexibility index (Phi) is 4.82. The highest BCUT2D eigenvalue weighted by atomic mass is 79.9. The average molecular weight is 353 g/mol. The molecular weight excluding hydrogens is 336 g/mol. The Balaban J connectivity index is 2.04. The highest BCUT2D eigenvalue weighted by Gasteiger charge is 2.28. The van der Waals surface area contributed by atoms with E-state index in [0.29, 0.717) is 19.6 Å². The average Bonchev–Trinajstić information content (AvgIpc) is 2.76. The molecule has 2 rings (SSSR count). The van der Waals surface area contributed by atoms with Crippen LogP contribution in [0.15, 0.2) is 15.9 Å². The molecule has 18 heavy (non-hydrogen) atoms. The van der Waals surface area contributed by atoms with Crippen LogP contribution in [0.2, 0.25) is 0 Å². The Labute approximate surface area is 121 Å². The minimum absolute atomic E-state index is 0.440. The minimum atomic E-state index is -3.29. The lowest BCUT2D eigenvalue weighted by atomic mass is 10.2. The fourth-order valence-electron chi connectivity index (χ4n) is 2.03. The summed E-state index contributed by atoms with van der Waals surface area (Å²) in [6.45, 7) is 1.75. The Morgan fingerprint density at radius 1 is 1.39 bits per heavy atom. The van der Waals surface area contributed by atoms with Crippen LogP contribution >= 0.6 is 27.3 Å². The Morgan fingerprint density at radius 2 is 2.06 bits per heavy atom. The van der Waals surface area contributed by atoms with Crippen molar-refractivity contribution in [3.05, 3.63) is 20.8 Å². The highest BCUT2D eigenvalue weighted by molar-refractivity contribution is 9.10. The molecule has 0 aliphatic carbocycles. The van der Waals surface area contributed by atoms with Gasteiger partial charge < -0.3 is 0 Å². The van der Waals surface area contributed by atoms with E-state index in [1.165, 1.54) is 4.31 Å². The first-order valence-corrected chi connectivity index (χ1v) is 9.01. The summed E-state index contributed by atoms with van der Waals surface area (Å²) in [5.74, 6) is 0. The van der Waals surface area contributed by atoms with Crippen LogP contribution in [0.3, 0.4) is 0 Å². The summed E-state index contributed by atoms with van der Waals surface area (Å²) in [7, 11) is -1.64. The molecule has 0 saturated carbocycles. The van der Waals surface area contributed by atoms with Gasteiger partial charge in [-0.25, -0.2) is 0 Å².